The van der Waals surface area contributed by atoms with E-state index >= 15 is 0 Å². The van der Waals surface area contributed by atoms with Crippen LogP contribution in [0.2, 0.25) is 10.0 Å². The number of anilines is 1. The standard InChI is InChI=1S/C21H20Cl2N2O3S2/c1-28-16-5-2-14(3-6-16)19-13-29-21(24-19)25-10-8-17(9-11-25)30(26,27)20-7-4-15(22)12-18(20)23/h2-7,12-13,17H,8-11H2,1H3. The van der Waals surface area contributed by atoms with Gasteiger partial charge in [0.1, 0.15) is 5.75 Å². The molecule has 9 heteroatoms. The van der Waals surface area contributed by atoms with Gasteiger partial charge in [-0.1, -0.05) is 23.2 Å². The molecule has 0 saturated carbocycles. The molecule has 30 heavy (non-hydrogen) atoms. The van der Waals surface area contributed by atoms with Gasteiger partial charge in [0.05, 0.1) is 28.0 Å². The Balaban J connectivity index is 1.45. The van der Waals surface area contributed by atoms with E-state index in [0.29, 0.717) is 31.0 Å². The van der Waals surface area contributed by atoms with E-state index in [4.69, 9.17) is 32.9 Å². The molecular weight excluding hydrogens is 463 g/mol. The van der Waals surface area contributed by atoms with Crippen LogP contribution in [0.15, 0.2) is 52.7 Å². The number of sulfone groups is 1. The molecule has 0 aliphatic carbocycles. The summed E-state index contributed by atoms with van der Waals surface area (Å²) in [5.74, 6) is 0.804. The van der Waals surface area contributed by atoms with Crippen LogP contribution in [-0.2, 0) is 9.84 Å². The van der Waals surface area contributed by atoms with Crippen molar-refractivity contribution in [2.75, 3.05) is 25.1 Å². The summed E-state index contributed by atoms with van der Waals surface area (Å²) in [5, 5.41) is 3.06. The number of aromatic nitrogens is 1. The zero-order chi connectivity index (χ0) is 21.3. The minimum Gasteiger partial charge on any atom is -0.497 e. The minimum atomic E-state index is -3.51. The van der Waals surface area contributed by atoms with Crippen LogP contribution in [0.25, 0.3) is 11.3 Å². The smallest absolute Gasteiger partial charge is 0.185 e. The third-order valence-corrected chi connectivity index (χ3v) is 9.11. The normalized spacial score (nSPS) is 15.4. The molecule has 1 fully saturated rings. The van der Waals surface area contributed by atoms with Crippen molar-refractivity contribution in [1.29, 1.82) is 0 Å². The second-order valence-corrected chi connectivity index (χ2v) is 10.9. The number of methoxy groups -OCH3 is 1. The monoisotopic (exact) mass is 482 g/mol. The van der Waals surface area contributed by atoms with Gasteiger partial charge in [0.2, 0.25) is 0 Å². The quantitative estimate of drug-likeness (QED) is 0.475. The van der Waals surface area contributed by atoms with Crippen molar-refractivity contribution < 1.29 is 13.2 Å². The van der Waals surface area contributed by atoms with Crippen LogP contribution in [0.3, 0.4) is 0 Å². The second kappa shape index (κ2) is 8.75. The van der Waals surface area contributed by atoms with Gasteiger partial charge in [-0.15, -0.1) is 11.3 Å². The minimum absolute atomic E-state index is 0.156. The molecular formula is C21H20Cl2N2O3S2. The van der Waals surface area contributed by atoms with E-state index in [-0.39, 0.29) is 9.92 Å². The fraction of sp³-hybridized carbons (Fsp3) is 0.286. The molecule has 0 unspecified atom stereocenters. The number of ether oxygens (including phenoxy) is 1. The molecule has 3 aromatic rings. The first kappa shape index (κ1) is 21.4. The Bertz CT molecular complexity index is 1140. The number of hydrogen-bond acceptors (Lipinski definition) is 6. The third kappa shape index (κ3) is 4.30. The zero-order valence-corrected chi connectivity index (χ0v) is 19.4. The molecule has 1 aromatic heterocycles. The molecule has 0 radical (unpaired) electrons. The first-order valence-electron chi connectivity index (χ1n) is 9.42. The number of thiazole rings is 1. The van der Waals surface area contributed by atoms with Crippen LogP contribution in [0.4, 0.5) is 5.13 Å². The Kier molecular flexibility index (Phi) is 6.25. The Morgan fingerprint density at radius 2 is 1.80 bits per heavy atom. The highest BCUT2D eigenvalue weighted by Crippen LogP contribution is 2.34. The summed E-state index contributed by atoms with van der Waals surface area (Å²) in [7, 11) is -1.87. The highest BCUT2D eigenvalue weighted by atomic mass is 35.5. The molecule has 1 aliphatic heterocycles. The lowest BCUT2D eigenvalue weighted by Gasteiger charge is -2.31. The number of hydrogen-bond donors (Lipinski definition) is 0. The van der Waals surface area contributed by atoms with Crippen molar-refractivity contribution in [1.82, 2.24) is 4.98 Å². The van der Waals surface area contributed by atoms with Gasteiger partial charge in [-0.2, -0.15) is 0 Å². The topological polar surface area (TPSA) is 59.5 Å². The number of benzene rings is 2. The molecule has 2 heterocycles. The largest absolute Gasteiger partial charge is 0.497 e. The number of piperidine rings is 1. The molecule has 158 valence electrons. The highest BCUT2D eigenvalue weighted by Gasteiger charge is 2.33. The van der Waals surface area contributed by atoms with Gasteiger partial charge in [0.15, 0.2) is 15.0 Å². The second-order valence-electron chi connectivity index (χ2n) is 7.05. The molecule has 0 N–H and O–H groups in total. The molecule has 2 aromatic carbocycles. The van der Waals surface area contributed by atoms with Crippen LogP contribution in [-0.4, -0.2) is 38.9 Å². The fourth-order valence-corrected chi connectivity index (χ4v) is 6.95. The molecule has 0 amide bonds. The Morgan fingerprint density at radius 1 is 1.10 bits per heavy atom. The predicted molar refractivity (Wildman–Crippen MR) is 123 cm³/mol. The molecule has 0 bridgehead atoms. The van der Waals surface area contributed by atoms with E-state index in [0.717, 1.165) is 22.1 Å². The summed E-state index contributed by atoms with van der Waals surface area (Å²) in [5.41, 5.74) is 1.92. The molecule has 0 atom stereocenters. The maximum absolute atomic E-state index is 13.0. The maximum atomic E-state index is 13.0. The Labute approximate surface area is 190 Å². The van der Waals surface area contributed by atoms with Gasteiger partial charge >= 0.3 is 0 Å². The summed E-state index contributed by atoms with van der Waals surface area (Å²) in [4.78, 5) is 7.05. The van der Waals surface area contributed by atoms with Crippen LogP contribution in [0.1, 0.15) is 12.8 Å². The van der Waals surface area contributed by atoms with Gasteiger partial charge < -0.3 is 9.64 Å². The summed E-state index contributed by atoms with van der Waals surface area (Å²) < 4.78 is 31.3. The summed E-state index contributed by atoms with van der Waals surface area (Å²) in [6.45, 7) is 1.26. The number of nitrogens with zero attached hydrogens (tertiary/aromatic N) is 2. The lowest BCUT2D eigenvalue weighted by molar-refractivity contribution is 0.415. The average molecular weight is 483 g/mol. The molecule has 1 saturated heterocycles. The van der Waals surface area contributed by atoms with Gasteiger partial charge in [0.25, 0.3) is 0 Å². The molecule has 1 aliphatic rings. The van der Waals surface area contributed by atoms with Crippen molar-refractivity contribution >= 4 is 49.5 Å². The van der Waals surface area contributed by atoms with Crippen molar-refractivity contribution in [3.05, 3.63) is 57.9 Å². The SMILES string of the molecule is COc1ccc(-c2csc(N3CCC(S(=O)(=O)c4ccc(Cl)cc4Cl)CC3)n2)cc1. The van der Waals surface area contributed by atoms with Crippen molar-refractivity contribution in [2.45, 2.75) is 23.0 Å². The number of rotatable bonds is 5. The molecule has 4 rings (SSSR count). The van der Waals surface area contributed by atoms with Gasteiger partial charge in [-0.3, -0.25) is 0 Å². The lowest BCUT2D eigenvalue weighted by atomic mass is 10.1. The molecule has 5 nitrogen and oxygen atoms in total. The highest BCUT2D eigenvalue weighted by molar-refractivity contribution is 7.92. The fourth-order valence-electron chi connectivity index (χ4n) is 3.55. The van der Waals surface area contributed by atoms with Crippen molar-refractivity contribution in [2.24, 2.45) is 0 Å². The summed E-state index contributed by atoms with van der Waals surface area (Å²) in [6.07, 6.45) is 1.05. The zero-order valence-electron chi connectivity index (χ0n) is 16.2. The van der Waals surface area contributed by atoms with Crippen LogP contribution in [0.5, 0.6) is 5.75 Å². The first-order valence-corrected chi connectivity index (χ1v) is 12.6. The van der Waals surface area contributed by atoms with Crippen LogP contribution in [0, 0.1) is 0 Å². The van der Waals surface area contributed by atoms with E-state index < -0.39 is 15.1 Å². The maximum Gasteiger partial charge on any atom is 0.185 e. The summed E-state index contributed by atoms with van der Waals surface area (Å²) in [6, 6.07) is 12.3. The van der Waals surface area contributed by atoms with E-state index in [1.165, 1.54) is 12.1 Å². The van der Waals surface area contributed by atoms with E-state index in [1.807, 2.05) is 29.6 Å². The Hall–Kier alpha value is -1.80. The van der Waals surface area contributed by atoms with Crippen LogP contribution < -0.4 is 9.64 Å². The van der Waals surface area contributed by atoms with Crippen LogP contribution >= 0.6 is 34.5 Å². The van der Waals surface area contributed by atoms with E-state index in [9.17, 15) is 8.42 Å². The predicted octanol–water partition coefficient (Wildman–Crippen LogP) is 5.57. The van der Waals surface area contributed by atoms with Gasteiger partial charge in [0, 0.05) is 29.1 Å². The van der Waals surface area contributed by atoms with E-state index in [2.05, 4.69) is 4.90 Å². The third-order valence-electron chi connectivity index (χ3n) is 5.23. The van der Waals surface area contributed by atoms with Crippen molar-refractivity contribution in [3.8, 4) is 17.0 Å². The van der Waals surface area contributed by atoms with Gasteiger partial charge in [-0.05, 0) is 55.3 Å². The first-order chi connectivity index (χ1) is 14.4. The van der Waals surface area contributed by atoms with E-state index in [1.54, 1.807) is 24.5 Å². The number of halogens is 2. The van der Waals surface area contributed by atoms with Crippen molar-refractivity contribution in [3.63, 3.8) is 0 Å². The Morgan fingerprint density at radius 3 is 2.43 bits per heavy atom. The molecule has 0 spiro atoms. The summed E-state index contributed by atoms with van der Waals surface area (Å²) >= 11 is 13.6. The lowest BCUT2D eigenvalue weighted by Crippen LogP contribution is -2.39. The van der Waals surface area contributed by atoms with Gasteiger partial charge in [-0.25, -0.2) is 13.4 Å². The average Bonchev–Trinajstić information content (AvgIpc) is 3.24.